The zero-order valence-corrected chi connectivity index (χ0v) is 13.8. The number of pyridine rings is 1. The molecular weight excluding hydrogens is 338 g/mol. The molecule has 0 saturated heterocycles. The first-order valence-corrected chi connectivity index (χ1v) is 7.91. The molecule has 106 valence electrons. The number of aryl methyl sites for hydroxylation is 1. The van der Waals surface area contributed by atoms with Crippen molar-refractivity contribution in [2.45, 2.75) is 19.9 Å². The number of nitrogen functional groups attached to an aromatic ring is 1. The van der Waals surface area contributed by atoms with Gasteiger partial charge in [0.05, 0.1) is 6.54 Å². The Kier molecular flexibility index (Phi) is 4.77. The Labute approximate surface area is 130 Å². The Bertz CT molecular complexity index is 627. The summed E-state index contributed by atoms with van der Waals surface area (Å²) in [5.41, 5.74) is 7.17. The molecule has 0 unspecified atom stereocenters. The molecule has 2 N–H and O–H groups in total. The lowest BCUT2D eigenvalue weighted by atomic mass is 10.1. The van der Waals surface area contributed by atoms with Gasteiger partial charge in [-0.1, -0.05) is 6.92 Å². The minimum absolute atomic E-state index is 0.0432. The predicted molar refractivity (Wildman–Crippen MR) is 85.8 cm³/mol. The standard InChI is InChI=1S/C14H16BrN3OS/c1-3-11-4-9(5-13(16)17-11)14(19)18(2)7-12-6-10(15)8-20-12/h4-6,8H,3,7H2,1-2H3,(H2,16,17). The van der Waals surface area contributed by atoms with E-state index in [4.69, 9.17) is 5.73 Å². The zero-order chi connectivity index (χ0) is 14.7. The van der Waals surface area contributed by atoms with Crippen LogP contribution in [0.5, 0.6) is 0 Å². The van der Waals surface area contributed by atoms with Crippen LogP contribution in [0.4, 0.5) is 5.82 Å². The van der Waals surface area contributed by atoms with Gasteiger partial charge in [-0.05, 0) is 40.5 Å². The number of nitrogens with zero attached hydrogens (tertiary/aromatic N) is 2. The van der Waals surface area contributed by atoms with Crippen molar-refractivity contribution in [1.29, 1.82) is 0 Å². The first kappa shape index (κ1) is 15.0. The molecule has 0 spiro atoms. The van der Waals surface area contributed by atoms with Gasteiger partial charge in [-0.15, -0.1) is 11.3 Å². The van der Waals surface area contributed by atoms with Crippen LogP contribution in [0.25, 0.3) is 0 Å². The number of thiophene rings is 1. The minimum atomic E-state index is -0.0432. The summed E-state index contributed by atoms with van der Waals surface area (Å²) < 4.78 is 1.04. The van der Waals surface area contributed by atoms with Crippen molar-refractivity contribution in [3.63, 3.8) is 0 Å². The number of anilines is 1. The van der Waals surface area contributed by atoms with Gasteiger partial charge in [-0.3, -0.25) is 4.79 Å². The van der Waals surface area contributed by atoms with E-state index in [2.05, 4.69) is 20.9 Å². The van der Waals surface area contributed by atoms with Crippen molar-refractivity contribution in [2.24, 2.45) is 0 Å². The van der Waals surface area contributed by atoms with Crippen LogP contribution in [0.3, 0.4) is 0 Å². The Morgan fingerprint density at radius 3 is 2.80 bits per heavy atom. The monoisotopic (exact) mass is 353 g/mol. The van der Waals surface area contributed by atoms with Gasteiger partial charge < -0.3 is 10.6 Å². The van der Waals surface area contributed by atoms with E-state index in [-0.39, 0.29) is 5.91 Å². The highest BCUT2D eigenvalue weighted by Crippen LogP contribution is 2.21. The van der Waals surface area contributed by atoms with E-state index >= 15 is 0 Å². The number of carbonyl (C=O) groups excluding carboxylic acids is 1. The summed E-state index contributed by atoms with van der Waals surface area (Å²) >= 11 is 5.04. The Morgan fingerprint density at radius 2 is 2.20 bits per heavy atom. The lowest BCUT2D eigenvalue weighted by Gasteiger charge is -2.17. The van der Waals surface area contributed by atoms with Gasteiger partial charge in [-0.25, -0.2) is 4.98 Å². The molecule has 0 fully saturated rings. The second kappa shape index (κ2) is 6.37. The smallest absolute Gasteiger partial charge is 0.254 e. The van der Waals surface area contributed by atoms with Crippen LogP contribution < -0.4 is 5.73 Å². The summed E-state index contributed by atoms with van der Waals surface area (Å²) in [6.45, 7) is 2.57. The van der Waals surface area contributed by atoms with Crippen molar-refractivity contribution >= 4 is 39.0 Å². The van der Waals surface area contributed by atoms with Crippen molar-refractivity contribution < 1.29 is 4.79 Å². The first-order valence-electron chi connectivity index (χ1n) is 6.24. The third-order valence-electron chi connectivity index (χ3n) is 2.87. The molecule has 0 aromatic carbocycles. The number of amides is 1. The zero-order valence-electron chi connectivity index (χ0n) is 11.4. The average Bonchev–Trinajstić information content (AvgIpc) is 2.82. The highest BCUT2D eigenvalue weighted by atomic mass is 79.9. The number of carbonyl (C=O) groups is 1. The van der Waals surface area contributed by atoms with Gasteiger partial charge in [0.25, 0.3) is 5.91 Å². The molecule has 0 saturated carbocycles. The molecule has 0 aliphatic heterocycles. The summed E-state index contributed by atoms with van der Waals surface area (Å²) in [6, 6.07) is 5.45. The molecule has 6 heteroatoms. The average molecular weight is 354 g/mol. The molecule has 4 nitrogen and oxygen atoms in total. The van der Waals surface area contributed by atoms with E-state index in [9.17, 15) is 4.79 Å². The fraction of sp³-hybridized carbons (Fsp3) is 0.286. The van der Waals surface area contributed by atoms with E-state index in [1.807, 2.05) is 18.4 Å². The number of rotatable bonds is 4. The summed E-state index contributed by atoms with van der Waals surface area (Å²) in [4.78, 5) is 19.4. The van der Waals surface area contributed by atoms with Gasteiger partial charge in [0.2, 0.25) is 0 Å². The van der Waals surface area contributed by atoms with E-state index < -0.39 is 0 Å². The van der Waals surface area contributed by atoms with Crippen LogP contribution in [0.2, 0.25) is 0 Å². The number of hydrogen-bond donors (Lipinski definition) is 1. The normalized spacial score (nSPS) is 10.6. The second-order valence-electron chi connectivity index (χ2n) is 4.52. The van der Waals surface area contributed by atoms with E-state index in [0.717, 1.165) is 21.5 Å². The van der Waals surface area contributed by atoms with Crippen molar-refractivity contribution in [1.82, 2.24) is 9.88 Å². The maximum absolute atomic E-state index is 12.4. The first-order chi connectivity index (χ1) is 9.49. The number of aromatic nitrogens is 1. The van der Waals surface area contributed by atoms with E-state index in [0.29, 0.717) is 17.9 Å². The molecule has 20 heavy (non-hydrogen) atoms. The summed E-state index contributed by atoms with van der Waals surface area (Å²) in [6.07, 6.45) is 0.757. The van der Waals surface area contributed by atoms with Crippen LogP contribution in [0, 0.1) is 0 Å². The van der Waals surface area contributed by atoms with Crippen LogP contribution in [0.15, 0.2) is 28.1 Å². The van der Waals surface area contributed by atoms with Gasteiger partial charge in [0.1, 0.15) is 5.82 Å². The maximum atomic E-state index is 12.4. The molecule has 2 rings (SSSR count). The Hall–Kier alpha value is -1.40. The third kappa shape index (κ3) is 3.58. The summed E-state index contributed by atoms with van der Waals surface area (Å²) in [5, 5.41) is 2.01. The van der Waals surface area contributed by atoms with E-state index in [1.54, 1.807) is 35.4 Å². The van der Waals surface area contributed by atoms with Crippen LogP contribution in [0.1, 0.15) is 27.9 Å². The summed E-state index contributed by atoms with van der Waals surface area (Å²) in [5.74, 6) is 0.346. The number of halogens is 1. The highest BCUT2D eigenvalue weighted by Gasteiger charge is 2.14. The molecule has 2 aromatic rings. The molecule has 0 aliphatic carbocycles. The summed E-state index contributed by atoms with van der Waals surface area (Å²) in [7, 11) is 1.79. The molecule has 0 radical (unpaired) electrons. The second-order valence-corrected chi connectivity index (χ2v) is 6.43. The fourth-order valence-corrected chi connectivity index (χ4v) is 3.38. The van der Waals surface area contributed by atoms with Gasteiger partial charge in [-0.2, -0.15) is 0 Å². The third-order valence-corrected chi connectivity index (χ3v) is 4.55. The van der Waals surface area contributed by atoms with Crippen LogP contribution in [-0.4, -0.2) is 22.8 Å². The van der Waals surface area contributed by atoms with Crippen molar-refractivity contribution in [3.8, 4) is 0 Å². The van der Waals surface area contributed by atoms with Gasteiger partial charge in [0, 0.05) is 33.0 Å². The number of nitrogens with two attached hydrogens (primary N) is 1. The molecule has 1 amide bonds. The van der Waals surface area contributed by atoms with Crippen molar-refractivity contribution in [3.05, 3.63) is 44.2 Å². The highest BCUT2D eigenvalue weighted by molar-refractivity contribution is 9.10. The Morgan fingerprint density at radius 1 is 1.45 bits per heavy atom. The van der Waals surface area contributed by atoms with Crippen LogP contribution in [-0.2, 0) is 13.0 Å². The topological polar surface area (TPSA) is 59.2 Å². The van der Waals surface area contributed by atoms with E-state index in [1.165, 1.54) is 0 Å². The SMILES string of the molecule is CCc1cc(C(=O)N(C)Cc2cc(Br)cs2)cc(N)n1. The molecular formula is C14H16BrN3OS. The molecule has 2 heterocycles. The minimum Gasteiger partial charge on any atom is -0.384 e. The molecule has 0 aliphatic rings. The number of hydrogen-bond acceptors (Lipinski definition) is 4. The molecule has 0 atom stereocenters. The maximum Gasteiger partial charge on any atom is 0.254 e. The lowest BCUT2D eigenvalue weighted by molar-refractivity contribution is 0.0786. The van der Waals surface area contributed by atoms with Crippen LogP contribution >= 0.6 is 27.3 Å². The van der Waals surface area contributed by atoms with Gasteiger partial charge >= 0.3 is 0 Å². The van der Waals surface area contributed by atoms with Crippen molar-refractivity contribution in [2.75, 3.05) is 12.8 Å². The fourth-order valence-electron chi connectivity index (χ4n) is 1.88. The molecule has 0 bridgehead atoms. The lowest BCUT2D eigenvalue weighted by Crippen LogP contribution is -2.26. The quantitative estimate of drug-likeness (QED) is 0.916. The predicted octanol–water partition coefficient (Wildman–Crippen LogP) is 3.32. The van der Waals surface area contributed by atoms with Gasteiger partial charge in [0.15, 0.2) is 0 Å². The molecule has 2 aromatic heterocycles. The Balaban J connectivity index is 2.15. The largest absolute Gasteiger partial charge is 0.384 e.